The lowest BCUT2D eigenvalue weighted by Crippen LogP contribution is -2.43. The van der Waals surface area contributed by atoms with Gasteiger partial charge in [-0.2, -0.15) is 0 Å². The molecule has 0 saturated carbocycles. The summed E-state index contributed by atoms with van der Waals surface area (Å²) in [6, 6.07) is 102. The average molecular weight is 876 g/mol. The Labute approximate surface area is 403 Å². The van der Waals surface area contributed by atoms with E-state index in [9.17, 15) is 0 Å². The van der Waals surface area contributed by atoms with Crippen molar-refractivity contribution in [1.29, 1.82) is 0 Å². The van der Waals surface area contributed by atoms with Crippen LogP contribution in [0.25, 0.3) is 55.6 Å². The lowest BCUT2D eigenvalue weighted by Gasteiger charge is -2.48. The summed E-state index contributed by atoms with van der Waals surface area (Å²) in [5.41, 5.74) is 25.5. The molecule has 0 aromatic heterocycles. The Bertz CT molecular complexity index is 3610. The quantitative estimate of drug-likeness (QED) is 0.161. The van der Waals surface area contributed by atoms with Crippen molar-refractivity contribution in [2.75, 3.05) is 4.90 Å². The van der Waals surface area contributed by atoms with Crippen LogP contribution in [0.2, 0.25) is 0 Å². The van der Waals surface area contributed by atoms with E-state index >= 15 is 0 Å². The second-order valence-corrected chi connectivity index (χ2v) is 18.7. The molecule has 0 saturated heterocycles. The highest BCUT2D eigenvalue weighted by atomic mass is 15.1. The molecule has 0 amide bonds. The Kier molecular flexibility index (Phi) is 8.78. The van der Waals surface area contributed by atoms with E-state index in [2.05, 4.69) is 278 Å². The van der Waals surface area contributed by atoms with E-state index in [0.717, 1.165) is 17.1 Å². The second kappa shape index (κ2) is 15.4. The van der Waals surface area contributed by atoms with Gasteiger partial charge >= 0.3 is 0 Å². The zero-order chi connectivity index (χ0) is 45.5. The van der Waals surface area contributed by atoms with Crippen LogP contribution in [0.5, 0.6) is 0 Å². The topological polar surface area (TPSA) is 3.24 Å². The van der Waals surface area contributed by atoms with Crippen molar-refractivity contribution < 1.29 is 0 Å². The van der Waals surface area contributed by atoms with Gasteiger partial charge in [-0.05, 0) is 143 Å². The number of rotatable bonds is 6. The van der Waals surface area contributed by atoms with Crippen LogP contribution in [-0.4, -0.2) is 0 Å². The maximum atomic E-state index is 2.46. The Morgan fingerprint density at radius 3 is 0.957 bits per heavy atom. The summed E-state index contributed by atoms with van der Waals surface area (Å²) in [7, 11) is 0. The summed E-state index contributed by atoms with van der Waals surface area (Å²) in [6.07, 6.45) is 0. The summed E-state index contributed by atoms with van der Waals surface area (Å²) in [4.78, 5) is 2.39. The zero-order valence-corrected chi connectivity index (χ0v) is 37.9. The third-order valence-corrected chi connectivity index (χ3v) is 15.3. The molecule has 3 aliphatic carbocycles. The number of hydrogen-bond acceptors (Lipinski definition) is 1. The van der Waals surface area contributed by atoms with Gasteiger partial charge in [0.2, 0.25) is 0 Å². The van der Waals surface area contributed by atoms with Crippen LogP contribution in [0.1, 0.15) is 44.5 Å². The standard InChI is InChI=1S/C68H45N/c1-3-19-46(20-4-1)49-23-17-25-53(43-49)69(54-26-18-24-50(44-54)47-21-5-2-6-22-47)52-40-37-48(38-41-52)51-39-42-62-58(45-51)57-29-9-12-32-61(57)68(62)65-35-15-13-33-63(65)67(64-34-14-16-36-66(64)68)59-30-10-7-27-55(59)56-28-8-11-31-60(56)67/h1-45H. The van der Waals surface area contributed by atoms with Gasteiger partial charge in [-0.3, -0.25) is 0 Å². The first-order valence-corrected chi connectivity index (χ1v) is 24.1. The van der Waals surface area contributed by atoms with E-state index in [1.54, 1.807) is 0 Å². The van der Waals surface area contributed by atoms with Gasteiger partial charge in [0.15, 0.2) is 0 Å². The van der Waals surface area contributed by atoms with Gasteiger partial charge in [-0.1, -0.05) is 231 Å². The molecular weight excluding hydrogens is 831 g/mol. The molecule has 14 rings (SSSR count). The first kappa shape index (κ1) is 39.4. The minimum atomic E-state index is -0.512. The second-order valence-electron chi connectivity index (χ2n) is 18.7. The summed E-state index contributed by atoms with van der Waals surface area (Å²) in [6.45, 7) is 0. The molecule has 69 heavy (non-hydrogen) atoms. The number of benzene rings is 11. The maximum Gasteiger partial charge on any atom is 0.0720 e. The monoisotopic (exact) mass is 875 g/mol. The van der Waals surface area contributed by atoms with Crippen molar-refractivity contribution >= 4 is 17.1 Å². The first-order chi connectivity index (χ1) is 34.2. The van der Waals surface area contributed by atoms with Crippen LogP contribution in [-0.2, 0) is 10.8 Å². The van der Waals surface area contributed by atoms with Crippen LogP contribution in [0.3, 0.4) is 0 Å². The van der Waals surface area contributed by atoms with Crippen molar-refractivity contribution in [1.82, 2.24) is 0 Å². The summed E-state index contributed by atoms with van der Waals surface area (Å²) < 4.78 is 0. The van der Waals surface area contributed by atoms with E-state index in [-0.39, 0.29) is 0 Å². The number of hydrogen-bond donors (Lipinski definition) is 0. The van der Waals surface area contributed by atoms with Crippen LogP contribution in [0.15, 0.2) is 273 Å². The molecule has 0 unspecified atom stereocenters. The number of fused-ring (bicyclic) bond motifs is 16. The summed E-state index contributed by atoms with van der Waals surface area (Å²) in [5.74, 6) is 0. The average Bonchev–Trinajstić information content (AvgIpc) is 3.89. The van der Waals surface area contributed by atoms with Crippen LogP contribution in [0, 0.1) is 0 Å². The van der Waals surface area contributed by atoms with Gasteiger partial charge in [0, 0.05) is 17.1 Å². The van der Waals surface area contributed by atoms with Crippen molar-refractivity contribution in [3.05, 3.63) is 317 Å². The fourth-order valence-electron chi connectivity index (χ4n) is 12.6. The number of nitrogens with zero attached hydrogens (tertiary/aromatic N) is 1. The molecule has 0 N–H and O–H groups in total. The molecule has 1 nitrogen and oxygen atoms in total. The molecular formula is C68H45N. The van der Waals surface area contributed by atoms with E-state index in [1.807, 2.05) is 0 Å². The highest BCUT2D eigenvalue weighted by molar-refractivity contribution is 5.95. The lowest BCUT2D eigenvalue weighted by atomic mass is 9.52. The van der Waals surface area contributed by atoms with Gasteiger partial charge in [0.25, 0.3) is 0 Å². The van der Waals surface area contributed by atoms with Crippen LogP contribution < -0.4 is 4.90 Å². The molecule has 0 bridgehead atoms. The molecule has 11 aromatic carbocycles. The Balaban J connectivity index is 0.917. The normalized spacial score (nSPS) is 13.7. The highest BCUT2D eigenvalue weighted by Gasteiger charge is 2.58. The predicted molar refractivity (Wildman–Crippen MR) is 286 cm³/mol. The third kappa shape index (κ3) is 5.65. The molecule has 322 valence electrons. The van der Waals surface area contributed by atoms with Crippen molar-refractivity contribution in [3.8, 4) is 55.6 Å². The smallest absolute Gasteiger partial charge is 0.0720 e. The van der Waals surface area contributed by atoms with Gasteiger partial charge in [-0.25, -0.2) is 0 Å². The molecule has 0 heterocycles. The molecule has 0 atom stereocenters. The number of anilines is 3. The predicted octanol–water partition coefficient (Wildman–Crippen LogP) is 17.2. The van der Waals surface area contributed by atoms with Crippen molar-refractivity contribution in [2.45, 2.75) is 10.8 Å². The molecule has 11 aromatic rings. The minimum Gasteiger partial charge on any atom is -0.310 e. The highest BCUT2D eigenvalue weighted by Crippen LogP contribution is 2.67. The molecule has 3 aliphatic rings. The molecule has 0 aliphatic heterocycles. The first-order valence-electron chi connectivity index (χ1n) is 24.1. The fourth-order valence-corrected chi connectivity index (χ4v) is 12.6. The van der Waals surface area contributed by atoms with Gasteiger partial charge < -0.3 is 4.90 Å². The molecule has 0 radical (unpaired) electrons. The van der Waals surface area contributed by atoms with E-state index in [1.165, 1.54) is 100 Å². The van der Waals surface area contributed by atoms with Crippen LogP contribution in [0.4, 0.5) is 17.1 Å². The van der Waals surface area contributed by atoms with Crippen molar-refractivity contribution in [2.24, 2.45) is 0 Å². The van der Waals surface area contributed by atoms with Crippen molar-refractivity contribution in [3.63, 3.8) is 0 Å². The molecule has 2 spiro atoms. The SMILES string of the molecule is c1ccc(-c2cccc(N(c3ccc(-c4ccc5c(c4)-c4ccccc4C54c5ccccc5C5(c6ccccc6-c6ccccc65)c5ccccc54)cc3)c3cccc(-c4ccccc4)c3)c2)cc1. The zero-order valence-electron chi connectivity index (χ0n) is 37.9. The van der Waals surface area contributed by atoms with Gasteiger partial charge in [-0.15, -0.1) is 0 Å². The third-order valence-electron chi connectivity index (χ3n) is 15.3. The van der Waals surface area contributed by atoms with Crippen LogP contribution >= 0.6 is 0 Å². The van der Waals surface area contributed by atoms with Gasteiger partial charge in [0.05, 0.1) is 10.8 Å². The fraction of sp³-hybridized carbons (Fsp3) is 0.0294. The summed E-state index contributed by atoms with van der Waals surface area (Å²) in [5, 5.41) is 0. The maximum absolute atomic E-state index is 2.46. The Morgan fingerprint density at radius 2 is 0.507 bits per heavy atom. The van der Waals surface area contributed by atoms with E-state index in [4.69, 9.17) is 0 Å². The van der Waals surface area contributed by atoms with E-state index in [0.29, 0.717) is 0 Å². The Hall–Kier alpha value is -8.78. The Morgan fingerprint density at radius 1 is 0.188 bits per heavy atom. The van der Waals surface area contributed by atoms with Gasteiger partial charge in [0.1, 0.15) is 0 Å². The molecule has 0 fully saturated rings. The van der Waals surface area contributed by atoms with E-state index < -0.39 is 10.8 Å². The summed E-state index contributed by atoms with van der Waals surface area (Å²) >= 11 is 0. The largest absolute Gasteiger partial charge is 0.310 e. The lowest BCUT2D eigenvalue weighted by molar-refractivity contribution is 0.633. The molecule has 1 heteroatoms. The minimum absolute atomic E-state index is 0.454.